The van der Waals surface area contributed by atoms with Crippen LogP contribution in [0.15, 0.2) is 41.3 Å². The van der Waals surface area contributed by atoms with Gasteiger partial charge in [0.25, 0.3) is 5.56 Å². The van der Waals surface area contributed by atoms with Gasteiger partial charge in [0.15, 0.2) is 0 Å². The summed E-state index contributed by atoms with van der Waals surface area (Å²) in [5.74, 6) is 0. The molecule has 0 spiro atoms. The summed E-state index contributed by atoms with van der Waals surface area (Å²) in [4.78, 5) is 18.8. The third kappa shape index (κ3) is 2.00. The third-order valence-electron chi connectivity index (χ3n) is 1.54. The average molecular weight is 195 g/mol. The predicted octanol–water partition coefficient (Wildman–Crippen LogP) is 1.41. The first-order chi connectivity index (χ1) is 5.86. The molecule has 0 radical (unpaired) electrons. The van der Waals surface area contributed by atoms with E-state index in [9.17, 15) is 4.79 Å². The summed E-state index contributed by atoms with van der Waals surface area (Å²) >= 11 is 0. The number of benzene rings is 1. The van der Waals surface area contributed by atoms with Crippen LogP contribution < -0.4 is 5.56 Å². The monoisotopic (exact) mass is 194 g/mol. The Labute approximate surface area is 80.9 Å². The molecule has 0 atom stereocenters. The Balaban J connectivity index is 0.000000845. The molecule has 0 unspecified atom stereocenters. The van der Waals surface area contributed by atoms with E-state index >= 15 is 0 Å². The highest BCUT2D eigenvalue weighted by atomic mass is 35.5. The molecule has 0 N–H and O–H groups in total. The lowest BCUT2D eigenvalue weighted by molar-refractivity contribution is 1.33. The first kappa shape index (κ1) is 9.61. The molecule has 0 aliphatic heterocycles. The fourth-order valence-electron chi connectivity index (χ4n) is 1.01. The summed E-state index contributed by atoms with van der Waals surface area (Å²) in [6, 6.07) is 8.63. The van der Waals surface area contributed by atoms with Gasteiger partial charge in [0.2, 0.25) is 0 Å². The molecule has 1 aromatic carbocycles. The molecule has 66 valence electrons. The van der Waals surface area contributed by atoms with Crippen molar-refractivity contribution in [3.05, 3.63) is 46.9 Å². The van der Waals surface area contributed by atoms with Crippen molar-refractivity contribution in [3.63, 3.8) is 0 Å². The fraction of sp³-hybridized carbons (Fsp3) is 0. The van der Waals surface area contributed by atoms with Gasteiger partial charge in [-0.05, 0) is 12.1 Å². The van der Waals surface area contributed by atoms with E-state index in [1.807, 2.05) is 18.2 Å². The Morgan fingerprint density at radius 2 is 1.69 bits per heavy atom. The first-order valence-electron chi connectivity index (χ1n) is 3.58. The van der Waals surface area contributed by atoms with Gasteiger partial charge in [0.05, 0.1) is 11.0 Å². The maximum atomic E-state index is 10.9. The number of rotatable bonds is 0. The lowest BCUT2D eigenvalue weighted by Gasteiger charge is -1.85. The SMILES string of the molecule is Cl.O=c1ccnc2ccccc2n1. The van der Waals surface area contributed by atoms with Crippen LogP contribution in [0.25, 0.3) is 11.0 Å². The molecule has 0 aliphatic carbocycles. The number of hydrogen-bond donors (Lipinski definition) is 0. The molecule has 2 rings (SSSR count). The maximum absolute atomic E-state index is 10.9. The third-order valence-corrected chi connectivity index (χ3v) is 1.54. The molecule has 0 amide bonds. The van der Waals surface area contributed by atoms with Crippen molar-refractivity contribution in [2.24, 2.45) is 0 Å². The normalized spacial score (nSPS) is 9.23. The topological polar surface area (TPSA) is 42.9 Å². The number of hydrogen-bond acceptors (Lipinski definition) is 3. The Bertz CT molecular complexity index is 473. The zero-order valence-electron chi connectivity index (χ0n) is 6.68. The van der Waals surface area contributed by atoms with Crippen molar-refractivity contribution in [2.45, 2.75) is 0 Å². The second-order valence-corrected chi connectivity index (χ2v) is 2.38. The van der Waals surface area contributed by atoms with Crippen molar-refractivity contribution in [1.29, 1.82) is 0 Å². The van der Waals surface area contributed by atoms with Crippen LogP contribution in [0, 0.1) is 0 Å². The quantitative estimate of drug-likeness (QED) is 0.637. The minimum atomic E-state index is -0.260. The standard InChI is InChI=1S/C9H6N2O.ClH/c12-9-5-6-10-7-3-1-2-4-8(7)11-9;/h1-6H;1H. The van der Waals surface area contributed by atoms with Crippen molar-refractivity contribution in [1.82, 2.24) is 9.97 Å². The first-order valence-corrected chi connectivity index (χ1v) is 3.58. The van der Waals surface area contributed by atoms with Crippen molar-refractivity contribution in [2.75, 3.05) is 0 Å². The number of halogens is 1. The Morgan fingerprint density at radius 1 is 1.00 bits per heavy atom. The van der Waals surface area contributed by atoms with Crippen LogP contribution in [-0.2, 0) is 0 Å². The summed E-state index contributed by atoms with van der Waals surface area (Å²) in [5.41, 5.74) is 1.11. The number of para-hydroxylation sites is 2. The highest BCUT2D eigenvalue weighted by Gasteiger charge is 1.90. The number of aromatic nitrogens is 2. The van der Waals surface area contributed by atoms with Crippen LogP contribution in [0.5, 0.6) is 0 Å². The maximum Gasteiger partial charge on any atom is 0.271 e. The lowest BCUT2D eigenvalue weighted by Crippen LogP contribution is -1.97. The summed E-state index contributed by atoms with van der Waals surface area (Å²) in [5, 5.41) is 0. The summed E-state index contributed by atoms with van der Waals surface area (Å²) in [7, 11) is 0. The average Bonchev–Trinajstić information content (AvgIpc) is 2.25. The second kappa shape index (κ2) is 3.96. The predicted molar refractivity (Wildman–Crippen MR) is 53.1 cm³/mol. The van der Waals surface area contributed by atoms with Crippen LogP contribution in [0.2, 0.25) is 0 Å². The molecule has 0 saturated heterocycles. The van der Waals surface area contributed by atoms with Gasteiger partial charge in [-0.2, -0.15) is 0 Å². The minimum Gasteiger partial charge on any atom is -0.267 e. The molecular formula is C9H7ClN2O. The van der Waals surface area contributed by atoms with E-state index in [1.54, 1.807) is 6.07 Å². The second-order valence-electron chi connectivity index (χ2n) is 2.38. The van der Waals surface area contributed by atoms with Crippen LogP contribution in [-0.4, -0.2) is 9.97 Å². The van der Waals surface area contributed by atoms with E-state index in [1.165, 1.54) is 12.3 Å². The molecule has 1 aromatic heterocycles. The van der Waals surface area contributed by atoms with Gasteiger partial charge in [-0.15, -0.1) is 12.4 Å². The van der Waals surface area contributed by atoms with Crippen molar-refractivity contribution < 1.29 is 0 Å². The van der Waals surface area contributed by atoms with E-state index < -0.39 is 0 Å². The van der Waals surface area contributed by atoms with E-state index in [-0.39, 0.29) is 18.0 Å². The van der Waals surface area contributed by atoms with Crippen molar-refractivity contribution in [3.8, 4) is 0 Å². The zero-order chi connectivity index (χ0) is 8.39. The molecule has 0 saturated carbocycles. The molecule has 2 aromatic rings. The van der Waals surface area contributed by atoms with Gasteiger partial charge in [0.1, 0.15) is 0 Å². The fourth-order valence-corrected chi connectivity index (χ4v) is 1.01. The molecular weight excluding hydrogens is 188 g/mol. The number of fused-ring (bicyclic) bond motifs is 1. The Kier molecular flexibility index (Phi) is 2.93. The zero-order valence-corrected chi connectivity index (χ0v) is 7.49. The van der Waals surface area contributed by atoms with Crippen molar-refractivity contribution >= 4 is 23.4 Å². The Hall–Kier alpha value is -1.48. The molecule has 1 heterocycles. The summed E-state index contributed by atoms with van der Waals surface area (Å²) < 4.78 is 0. The van der Waals surface area contributed by atoms with Gasteiger partial charge in [-0.3, -0.25) is 9.78 Å². The van der Waals surface area contributed by atoms with E-state index in [2.05, 4.69) is 9.97 Å². The molecule has 0 fully saturated rings. The summed E-state index contributed by atoms with van der Waals surface area (Å²) in [6.45, 7) is 0. The highest BCUT2D eigenvalue weighted by Crippen LogP contribution is 2.02. The molecule has 0 aliphatic rings. The van der Waals surface area contributed by atoms with Crippen LogP contribution in [0.4, 0.5) is 0 Å². The van der Waals surface area contributed by atoms with E-state index in [4.69, 9.17) is 0 Å². The van der Waals surface area contributed by atoms with E-state index in [0.29, 0.717) is 5.52 Å². The molecule has 13 heavy (non-hydrogen) atoms. The number of nitrogens with zero attached hydrogens (tertiary/aromatic N) is 2. The van der Waals surface area contributed by atoms with E-state index in [0.717, 1.165) is 5.52 Å². The summed E-state index contributed by atoms with van der Waals surface area (Å²) in [6.07, 6.45) is 1.47. The van der Waals surface area contributed by atoms with Gasteiger partial charge >= 0.3 is 0 Å². The largest absolute Gasteiger partial charge is 0.271 e. The molecule has 0 bridgehead atoms. The van der Waals surface area contributed by atoms with Crippen LogP contribution in [0.1, 0.15) is 0 Å². The van der Waals surface area contributed by atoms with Gasteiger partial charge in [0, 0.05) is 12.3 Å². The minimum absolute atomic E-state index is 0. The highest BCUT2D eigenvalue weighted by molar-refractivity contribution is 5.85. The molecule has 4 heteroatoms. The molecule has 3 nitrogen and oxygen atoms in total. The lowest BCUT2D eigenvalue weighted by atomic mass is 10.3. The van der Waals surface area contributed by atoms with Gasteiger partial charge < -0.3 is 0 Å². The van der Waals surface area contributed by atoms with Gasteiger partial charge in [-0.1, -0.05) is 12.1 Å². The van der Waals surface area contributed by atoms with Gasteiger partial charge in [-0.25, -0.2) is 4.98 Å². The van der Waals surface area contributed by atoms with Crippen LogP contribution >= 0.6 is 12.4 Å². The smallest absolute Gasteiger partial charge is 0.267 e. The Morgan fingerprint density at radius 3 is 2.46 bits per heavy atom. The van der Waals surface area contributed by atoms with Crippen LogP contribution in [0.3, 0.4) is 0 Å².